The molecule has 1 aromatic rings. The molecular weight excluding hydrogens is 228 g/mol. The van der Waals surface area contributed by atoms with Crippen molar-refractivity contribution in [2.24, 2.45) is 0 Å². The smallest absolute Gasteiger partial charge is 0.325 e. The highest BCUT2D eigenvalue weighted by Crippen LogP contribution is 2.19. The van der Waals surface area contributed by atoms with Crippen molar-refractivity contribution in [2.45, 2.75) is 20.3 Å². The highest BCUT2D eigenvalue weighted by atomic mass is 16.5. The van der Waals surface area contributed by atoms with Crippen LogP contribution in [-0.4, -0.2) is 25.7 Å². The summed E-state index contributed by atoms with van der Waals surface area (Å²) in [6, 6.07) is 9.43. The summed E-state index contributed by atoms with van der Waals surface area (Å²) in [5, 5.41) is 9.08. The molecule has 96 valence electrons. The SMILES string of the molecule is CCCN(CC(=O)OCC)c1ccccc1C#N. The normalized spacial score (nSPS) is 9.61. The van der Waals surface area contributed by atoms with Gasteiger partial charge in [-0.15, -0.1) is 0 Å². The van der Waals surface area contributed by atoms with Crippen LogP contribution in [-0.2, 0) is 9.53 Å². The molecule has 1 aromatic carbocycles. The van der Waals surface area contributed by atoms with Crippen LogP contribution in [0, 0.1) is 11.3 Å². The number of para-hydroxylation sites is 1. The Bertz CT molecular complexity index is 438. The molecule has 0 unspecified atom stereocenters. The third-order valence-electron chi connectivity index (χ3n) is 2.48. The largest absolute Gasteiger partial charge is 0.465 e. The maximum atomic E-state index is 11.6. The minimum Gasteiger partial charge on any atom is -0.465 e. The van der Waals surface area contributed by atoms with Crippen molar-refractivity contribution < 1.29 is 9.53 Å². The standard InChI is InChI=1S/C14H18N2O2/c1-3-9-16(11-14(17)18-4-2)13-8-6-5-7-12(13)10-15/h5-8H,3-4,9,11H2,1-2H3. The molecule has 0 aliphatic rings. The number of esters is 1. The Balaban J connectivity index is 2.90. The van der Waals surface area contributed by atoms with Crippen molar-refractivity contribution in [3.63, 3.8) is 0 Å². The molecule has 0 aliphatic heterocycles. The highest BCUT2D eigenvalue weighted by molar-refractivity contribution is 5.77. The first-order valence-electron chi connectivity index (χ1n) is 6.12. The summed E-state index contributed by atoms with van der Waals surface area (Å²) in [7, 11) is 0. The van der Waals surface area contributed by atoms with E-state index < -0.39 is 0 Å². The van der Waals surface area contributed by atoms with E-state index >= 15 is 0 Å². The molecule has 0 saturated carbocycles. The molecule has 0 aromatic heterocycles. The zero-order valence-electron chi connectivity index (χ0n) is 10.8. The van der Waals surface area contributed by atoms with Gasteiger partial charge in [-0.2, -0.15) is 5.26 Å². The van der Waals surface area contributed by atoms with Gasteiger partial charge >= 0.3 is 5.97 Å². The summed E-state index contributed by atoms with van der Waals surface area (Å²) < 4.78 is 4.95. The van der Waals surface area contributed by atoms with E-state index in [0.29, 0.717) is 12.2 Å². The molecule has 0 amide bonds. The lowest BCUT2D eigenvalue weighted by Crippen LogP contribution is -2.32. The van der Waals surface area contributed by atoms with Crippen molar-refractivity contribution in [2.75, 3.05) is 24.6 Å². The molecule has 0 atom stereocenters. The maximum absolute atomic E-state index is 11.6. The molecule has 4 heteroatoms. The second-order valence-electron chi connectivity index (χ2n) is 3.86. The van der Waals surface area contributed by atoms with Crippen LogP contribution in [0.5, 0.6) is 0 Å². The van der Waals surface area contributed by atoms with Gasteiger partial charge in [0.25, 0.3) is 0 Å². The number of rotatable bonds is 6. The number of nitriles is 1. The predicted octanol–water partition coefficient (Wildman–Crippen LogP) is 2.34. The molecule has 0 aliphatic carbocycles. The van der Waals surface area contributed by atoms with Gasteiger partial charge < -0.3 is 9.64 Å². The molecule has 18 heavy (non-hydrogen) atoms. The lowest BCUT2D eigenvalue weighted by Gasteiger charge is -2.24. The predicted molar refractivity (Wildman–Crippen MR) is 70.3 cm³/mol. The number of carbonyl (C=O) groups is 1. The average Bonchev–Trinajstić information content (AvgIpc) is 2.38. The third kappa shape index (κ3) is 3.77. The van der Waals surface area contributed by atoms with Crippen molar-refractivity contribution >= 4 is 11.7 Å². The Kier molecular flexibility index (Phi) is 5.72. The fourth-order valence-corrected chi connectivity index (χ4v) is 1.76. The van der Waals surface area contributed by atoms with Gasteiger partial charge in [-0.05, 0) is 25.5 Å². The molecule has 0 radical (unpaired) electrons. The van der Waals surface area contributed by atoms with E-state index in [1.54, 1.807) is 13.0 Å². The summed E-state index contributed by atoms with van der Waals surface area (Å²) in [6.07, 6.45) is 0.902. The summed E-state index contributed by atoms with van der Waals surface area (Å²) in [6.45, 7) is 5.09. The van der Waals surface area contributed by atoms with Crippen molar-refractivity contribution in [1.82, 2.24) is 0 Å². The second kappa shape index (κ2) is 7.33. The third-order valence-corrected chi connectivity index (χ3v) is 2.48. The van der Waals surface area contributed by atoms with Crippen LogP contribution in [0.4, 0.5) is 5.69 Å². The van der Waals surface area contributed by atoms with Crippen molar-refractivity contribution in [3.8, 4) is 6.07 Å². The lowest BCUT2D eigenvalue weighted by atomic mass is 10.1. The molecule has 0 bridgehead atoms. The number of ether oxygens (including phenoxy) is 1. The molecule has 0 N–H and O–H groups in total. The first-order chi connectivity index (χ1) is 8.72. The van der Waals surface area contributed by atoms with Gasteiger partial charge in [0.05, 0.1) is 17.9 Å². The van der Waals surface area contributed by atoms with Crippen LogP contribution in [0.15, 0.2) is 24.3 Å². The Morgan fingerprint density at radius 2 is 2.11 bits per heavy atom. The fraction of sp³-hybridized carbons (Fsp3) is 0.429. The van der Waals surface area contributed by atoms with Gasteiger partial charge in [0.15, 0.2) is 0 Å². The number of hydrogen-bond donors (Lipinski definition) is 0. The monoisotopic (exact) mass is 246 g/mol. The van der Waals surface area contributed by atoms with E-state index in [1.807, 2.05) is 30.0 Å². The average molecular weight is 246 g/mol. The van der Waals surface area contributed by atoms with Crippen LogP contribution in [0.25, 0.3) is 0 Å². The van der Waals surface area contributed by atoms with E-state index in [-0.39, 0.29) is 12.5 Å². The summed E-state index contributed by atoms with van der Waals surface area (Å²) in [4.78, 5) is 13.4. The van der Waals surface area contributed by atoms with Crippen LogP contribution in [0.3, 0.4) is 0 Å². The van der Waals surface area contributed by atoms with E-state index in [1.165, 1.54) is 0 Å². The van der Waals surface area contributed by atoms with Crippen molar-refractivity contribution in [3.05, 3.63) is 29.8 Å². The highest BCUT2D eigenvalue weighted by Gasteiger charge is 2.14. The molecule has 0 heterocycles. The van der Waals surface area contributed by atoms with Gasteiger partial charge in [0, 0.05) is 6.54 Å². The molecule has 0 fully saturated rings. The van der Waals surface area contributed by atoms with Gasteiger partial charge in [-0.3, -0.25) is 4.79 Å². The van der Waals surface area contributed by atoms with E-state index in [4.69, 9.17) is 10.00 Å². The second-order valence-corrected chi connectivity index (χ2v) is 3.86. The molecular formula is C14H18N2O2. The van der Waals surface area contributed by atoms with Crippen LogP contribution >= 0.6 is 0 Å². The first kappa shape index (κ1) is 14.0. The first-order valence-corrected chi connectivity index (χ1v) is 6.12. The maximum Gasteiger partial charge on any atom is 0.325 e. The number of benzene rings is 1. The lowest BCUT2D eigenvalue weighted by molar-refractivity contribution is -0.141. The van der Waals surface area contributed by atoms with E-state index in [9.17, 15) is 4.79 Å². The molecule has 4 nitrogen and oxygen atoms in total. The molecule has 0 spiro atoms. The van der Waals surface area contributed by atoms with Crippen LogP contribution < -0.4 is 4.90 Å². The summed E-state index contributed by atoms with van der Waals surface area (Å²) >= 11 is 0. The minimum atomic E-state index is -0.265. The molecule has 0 saturated heterocycles. The Morgan fingerprint density at radius 3 is 2.72 bits per heavy atom. The Morgan fingerprint density at radius 1 is 1.39 bits per heavy atom. The zero-order chi connectivity index (χ0) is 13.4. The number of hydrogen-bond acceptors (Lipinski definition) is 4. The summed E-state index contributed by atoms with van der Waals surface area (Å²) in [5.74, 6) is -0.265. The fourth-order valence-electron chi connectivity index (χ4n) is 1.76. The topological polar surface area (TPSA) is 53.3 Å². The number of carbonyl (C=O) groups excluding carboxylic acids is 1. The summed E-state index contributed by atoms with van der Waals surface area (Å²) in [5.41, 5.74) is 1.37. The van der Waals surface area contributed by atoms with Gasteiger partial charge in [0.1, 0.15) is 12.6 Å². The van der Waals surface area contributed by atoms with E-state index in [2.05, 4.69) is 6.07 Å². The zero-order valence-corrected chi connectivity index (χ0v) is 10.8. The van der Waals surface area contributed by atoms with Crippen LogP contribution in [0.2, 0.25) is 0 Å². The van der Waals surface area contributed by atoms with Gasteiger partial charge in [0.2, 0.25) is 0 Å². The number of nitrogens with zero attached hydrogens (tertiary/aromatic N) is 2. The number of anilines is 1. The van der Waals surface area contributed by atoms with Gasteiger partial charge in [-0.1, -0.05) is 19.1 Å². The Labute approximate surface area is 108 Å². The quantitative estimate of drug-likeness (QED) is 0.723. The van der Waals surface area contributed by atoms with Gasteiger partial charge in [-0.25, -0.2) is 0 Å². The molecule has 1 rings (SSSR count). The van der Waals surface area contributed by atoms with Crippen LogP contribution in [0.1, 0.15) is 25.8 Å². The Hall–Kier alpha value is -2.02. The van der Waals surface area contributed by atoms with E-state index in [0.717, 1.165) is 18.7 Å². The van der Waals surface area contributed by atoms with Crippen molar-refractivity contribution in [1.29, 1.82) is 5.26 Å². The minimum absolute atomic E-state index is 0.181.